The van der Waals surface area contributed by atoms with Crippen molar-refractivity contribution in [2.75, 3.05) is 12.4 Å². The lowest BCUT2D eigenvalue weighted by molar-refractivity contribution is -0.113. The number of amides is 1. The highest BCUT2D eigenvalue weighted by Crippen LogP contribution is 2.32. The van der Waals surface area contributed by atoms with Gasteiger partial charge in [0.2, 0.25) is 0 Å². The minimum absolute atomic E-state index is 0.198. The molecule has 1 unspecified atom stereocenters. The maximum atomic E-state index is 14.0. The van der Waals surface area contributed by atoms with Crippen LogP contribution in [0, 0.1) is 20.8 Å². The van der Waals surface area contributed by atoms with Crippen molar-refractivity contribution in [3.63, 3.8) is 0 Å². The van der Waals surface area contributed by atoms with E-state index in [9.17, 15) is 9.59 Å². The number of allylic oxidation sites excluding steroid dienone is 1. The van der Waals surface area contributed by atoms with E-state index >= 15 is 0 Å². The zero-order valence-corrected chi connectivity index (χ0v) is 23.7. The Labute approximate surface area is 230 Å². The summed E-state index contributed by atoms with van der Waals surface area (Å²) < 4.78 is 9.46. The van der Waals surface area contributed by atoms with E-state index in [0.29, 0.717) is 32.0 Å². The van der Waals surface area contributed by atoms with Gasteiger partial charge in [0.1, 0.15) is 5.75 Å². The predicted octanol–water partition coefficient (Wildman–Crippen LogP) is 4.02. The summed E-state index contributed by atoms with van der Waals surface area (Å²) >= 11 is 1.32. The number of thiazole rings is 1. The second-order valence-electron chi connectivity index (χ2n) is 9.52. The third-order valence-electron chi connectivity index (χ3n) is 7.10. The first-order valence-corrected chi connectivity index (χ1v) is 13.6. The molecule has 2 aromatic carbocycles. The fraction of sp³-hybridized carbons (Fsp3) is 0.267. The number of aromatic nitrogens is 3. The van der Waals surface area contributed by atoms with Crippen LogP contribution < -0.4 is 24.9 Å². The van der Waals surface area contributed by atoms with Crippen molar-refractivity contribution >= 4 is 29.0 Å². The van der Waals surface area contributed by atoms with Crippen molar-refractivity contribution in [1.29, 1.82) is 0 Å². The molecule has 200 valence electrons. The van der Waals surface area contributed by atoms with Gasteiger partial charge in [-0.1, -0.05) is 41.7 Å². The van der Waals surface area contributed by atoms with Gasteiger partial charge in [-0.25, -0.2) is 4.99 Å². The van der Waals surface area contributed by atoms with E-state index < -0.39 is 6.04 Å². The quantitative estimate of drug-likeness (QED) is 0.399. The highest BCUT2D eigenvalue weighted by atomic mass is 32.1. The van der Waals surface area contributed by atoms with Crippen LogP contribution in [0.25, 0.3) is 6.08 Å². The fourth-order valence-corrected chi connectivity index (χ4v) is 6.00. The Hall–Kier alpha value is -4.24. The number of nitrogens with one attached hydrogen (secondary N) is 1. The van der Waals surface area contributed by atoms with Crippen LogP contribution in [-0.2, 0) is 11.3 Å². The number of carbonyl (C=O) groups is 1. The minimum atomic E-state index is -0.654. The molecule has 2 aromatic heterocycles. The van der Waals surface area contributed by atoms with E-state index in [1.807, 2.05) is 93.9 Å². The lowest BCUT2D eigenvalue weighted by Crippen LogP contribution is -2.40. The summed E-state index contributed by atoms with van der Waals surface area (Å²) in [6, 6.07) is 14.4. The van der Waals surface area contributed by atoms with E-state index in [1.54, 1.807) is 11.7 Å². The zero-order chi connectivity index (χ0) is 27.8. The highest BCUT2D eigenvalue weighted by Gasteiger charge is 2.32. The average molecular weight is 542 g/mol. The first-order valence-electron chi connectivity index (χ1n) is 12.8. The van der Waals surface area contributed by atoms with Gasteiger partial charge >= 0.3 is 0 Å². The largest absolute Gasteiger partial charge is 0.497 e. The molecular formula is C30H31N5O3S. The van der Waals surface area contributed by atoms with Gasteiger partial charge in [-0.3, -0.25) is 18.8 Å². The zero-order valence-electron chi connectivity index (χ0n) is 22.9. The molecule has 1 amide bonds. The predicted molar refractivity (Wildman–Crippen MR) is 154 cm³/mol. The highest BCUT2D eigenvalue weighted by molar-refractivity contribution is 7.07. The maximum Gasteiger partial charge on any atom is 0.271 e. The number of para-hydroxylation sites is 1. The van der Waals surface area contributed by atoms with Crippen molar-refractivity contribution in [3.8, 4) is 5.75 Å². The minimum Gasteiger partial charge on any atom is -0.497 e. The number of carbonyl (C=O) groups excluding carboxylic acids is 1. The molecule has 0 saturated heterocycles. The summed E-state index contributed by atoms with van der Waals surface area (Å²) in [4.78, 5) is 33.1. The Morgan fingerprint density at radius 1 is 1.10 bits per heavy atom. The van der Waals surface area contributed by atoms with Crippen molar-refractivity contribution in [2.45, 2.75) is 47.2 Å². The van der Waals surface area contributed by atoms with Gasteiger partial charge in [0.15, 0.2) is 4.80 Å². The number of benzene rings is 2. The molecule has 4 aromatic rings. The molecule has 0 fully saturated rings. The number of hydrogen-bond acceptors (Lipinski definition) is 6. The molecular weight excluding hydrogens is 510 g/mol. The van der Waals surface area contributed by atoms with Crippen LogP contribution in [-0.4, -0.2) is 27.4 Å². The lowest BCUT2D eigenvalue weighted by Gasteiger charge is -2.25. The number of nitrogens with zero attached hydrogens (tertiary/aromatic N) is 4. The van der Waals surface area contributed by atoms with Crippen LogP contribution in [0.15, 0.2) is 69.6 Å². The number of fused-ring (bicyclic) bond motifs is 1. The number of anilines is 1. The molecule has 5 rings (SSSR count). The summed E-state index contributed by atoms with van der Waals surface area (Å²) in [5.41, 5.74) is 6.04. The second kappa shape index (κ2) is 10.5. The molecule has 9 heteroatoms. The van der Waals surface area contributed by atoms with Crippen LogP contribution in [0.4, 0.5) is 5.69 Å². The Morgan fingerprint density at radius 2 is 1.82 bits per heavy atom. The Balaban J connectivity index is 1.69. The average Bonchev–Trinajstić information content (AvgIpc) is 3.38. The van der Waals surface area contributed by atoms with Gasteiger partial charge in [-0.2, -0.15) is 5.10 Å². The maximum absolute atomic E-state index is 14.0. The van der Waals surface area contributed by atoms with Gasteiger partial charge in [0, 0.05) is 23.5 Å². The molecule has 1 atom stereocenters. The summed E-state index contributed by atoms with van der Waals surface area (Å²) in [5.74, 6) is 0.396. The monoisotopic (exact) mass is 541 g/mol. The Bertz CT molecular complexity index is 1790. The van der Waals surface area contributed by atoms with Crippen molar-refractivity contribution in [3.05, 3.63) is 108 Å². The van der Waals surface area contributed by atoms with E-state index in [4.69, 9.17) is 9.73 Å². The summed E-state index contributed by atoms with van der Waals surface area (Å²) in [6.45, 7) is 10.5. The van der Waals surface area contributed by atoms with Crippen molar-refractivity contribution < 1.29 is 9.53 Å². The standard InChI is InChI=1S/C30H31N5O3S/c1-7-34-20(5)23(18(3)33-34)16-25-29(37)35-27(21-12-14-22(38-6)15-13-21)26(19(4)31-30(35)39-25)28(36)32-24-11-9-8-10-17(24)2/h8-16,27H,7H2,1-6H3,(H,32,36). The molecule has 0 bridgehead atoms. The first-order chi connectivity index (χ1) is 18.7. The van der Waals surface area contributed by atoms with Gasteiger partial charge in [-0.15, -0.1) is 0 Å². The number of rotatable bonds is 6. The number of hydrogen-bond donors (Lipinski definition) is 1. The van der Waals surface area contributed by atoms with E-state index in [2.05, 4.69) is 10.4 Å². The van der Waals surface area contributed by atoms with Crippen LogP contribution in [0.5, 0.6) is 5.75 Å². The third kappa shape index (κ3) is 4.74. The molecule has 3 heterocycles. The van der Waals surface area contributed by atoms with Crippen molar-refractivity contribution in [1.82, 2.24) is 14.3 Å². The molecule has 1 aliphatic rings. The van der Waals surface area contributed by atoms with E-state index in [1.165, 1.54) is 11.3 Å². The molecule has 0 spiro atoms. The molecule has 39 heavy (non-hydrogen) atoms. The number of ether oxygens (including phenoxy) is 1. The van der Waals surface area contributed by atoms with Gasteiger partial charge in [-0.05, 0) is 70.0 Å². The van der Waals surface area contributed by atoms with Crippen LogP contribution in [0.1, 0.15) is 48.0 Å². The Kier molecular flexibility index (Phi) is 7.10. The molecule has 0 radical (unpaired) electrons. The Morgan fingerprint density at radius 3 is 2.46 bits per heavy atom. The molecule has 8 nitrogen and oxygen atoms in total. The summed E-state index contributed by atoms with van der Waals surface area (Å²) in [5, 5.41) is 7.64. The lowest BCUT2D eigenvalue weighted by atomic mass is 9.95. The van der Waals surface area contributed by atoms with Gasteiger partial charge in [0.25, 0.3) is 11.5 Å². The fourth-order valence-electron chi connectivity index (χ4n) is 4.97. The van der Waals surface area contributed by atoms with Crippen molar-refractivity contribution in [2.24, 2.45) is 4.99 Å². The number of aryl methyl sites for hydroxylation is 3. The van der Waals surface area contributed by atoms with Crippen LogP contribution >= 0.6 is 11.3 Å². The summed E-state index contributed by atoms with van der Waals surface area (Å²) in [6.07, 6.45) is 1.89. The SMILES string of the molecule is CCn1nc(C)c(C=c2sc3n(c2=O)C(c2ccc(OC)cc2)C(C(=O)Nc2ccccc2C)=C(C)N=3)c1C. The third-order valence-corrected chi connectivity index (χ3v) is 8.09. The van der Waals surface area contributed by atoms with Gasteiger partial charge in [0.05, 0.1) is 34.6 Å². The topological polar surface area (TPSA) is 90.5 Å². The molecule has 1 aliphatic heterocycles. The van der Waals surface area contributed by atoms with Crippen LogP contribution in [0.3, 0.4) is 0 Å². The van der Waals surface area contributed by atoms with Gasteiger partial charge < -0.3 is 10.1 Å². The summed E-state index contributed by atoms with van der Waals surface area (Å²) in [7, 11) is 1.61. The first kappa shape index (κ1) is 26.4. The normalized spacial score (nSPS) is 15.2. The van der Waals surface area contributed by atoms with E-state index in [-0.39, 0.29) is 11.5 Å². The van der Waals surface area contributed by atoms with E-state index in [0.717, 1.165) is 34.6 Å². The number of methoxy groups -OCH3 is 1. The molecule has 1 N–H and O–H groups in total. The molecule has 0 aliphatic carbocycles. The second-order valence-corrected chi connectivity index (χ2v) is 10.5. The molecule has 0 saturated carbocycles. The van der Waals surface area contributed by atoms with Crippen LogP contribution in [0.2, 0.25) is 0 Å². The smallest absolute Gasteiger partial charge is 0.271 e.